The molecule has 14 nitrogen and oxygen atoms in total. The summed E-state index contributed by atoms with van der Waals surface area (Å²) in [6.45, 7) is 2.74. The van der Waals surface area contributed by atoms with Gasteiger partial charge in [0.25, 0.3) is 0 Å². The zero-order chi connectivity index (χ0) is 53.9. The van der Waals surface area contributed by atoms with Crippen molar-refractivity contribution in [2.75, 3.05) is 19.8 Å². The number of ether oxygens (including phenoxy) is 4. The summed E-state index contributed by atoms with van der Waals surface area (Å²) in [4.78, 5) is 13.2. The highest BCUT2D eigenvalue weighted by Crippen LogP contribution is 2.30. The second-order valence-corrected chi connectivity index (χ2v) is 20.4. The summed E-state index contributed by atoms with van der Waals surface area (Å²) in [6, 6.07) is -0.945. The predicted molar refractivity (Wildman–Crippen MR) is 295 cm³/mol. The Balaban J connectivity index is 1.80. The van der Waals surface area contributed by atoms with E-state index in [1.807, 2.05) is 6.08 Å². The molecule has 0 aromatic rings. The summed E-state index contributed by atoms with van der Waals surface area (Å²) in [6.07, 6.45) is 42.2. The Morgan fingerprint density at radius 3 is 1.42 bits per heavy atom. The van der Waals surface area contributed by atoms with E-state index in [1.54, 1.807) is 6.08 Å². The molecule has 2 aliphatic rings. The van der Waals surface area contributed by atoms with E-state index in [0.717, 1.165) is 70.6 Å². The maximum absolute atomic E-state index is 13.2. The van der Waals surface area contributed by atoms with Crippen LogP contribution in [0.15, 0.2) is 72.9 Å². The number of nitrogens with one attached hydrogen (secondary N) is 1. The maximum Gasteiger partial charge on any atom is 0.220 e. The zero-order valence-electron chi connectivity index (χ0n) is 45.8. The summed E-state index contributed by atoms with van der Waals surface area (Å²) in [7, 11) is 0. The number of aliphatic hydroxyl groups excluding tert-OH is 8. The molecule has 0 aliphatic carbocycles. The van der Waals surface area contributed by atoms with Gasteiger partial charge in [-0.25, -0.2) is 0 Å². The largest absolute Gasteiger partial charge is 0.394 e. The molecule has 12 atom stereocenters. The molecule has 0 aromatic carbocycles. The molecule has 1 amide bonds. The number of carbonyl (C=O) groups is 1. The Bertz CT molecular complexity index is 1520. The third-order valence-corrected chi connectivity index (χ3v) is 13.8. The highest BCUT2D eigenvalue weighted by molar-refractivity contribution is 5.76. The van der Waals surface area contributed by atoms with Gasteiger partial charge in [-0.05, 0) is 83.5 Å². The van der Waals surface area contributed by atoms with Crippen molar-refractivity contribution < 1.29 is 64.6 Å². The fourth-order valence-electron chi connectivity index (χ4n) is 9.09. The van der Waals surface area contributed by atoms with Gasteiger partial charge in [0.1, 0.15) is 48.8 Å². The third kappa shape index (κ3) is 31.0. The first-order valence-corrected chi connectivity index (χ1v) is 29.2. The molecule has 428 valence electrons. The van der Waals surface area contributed by atoms with Gasteiger partial charge in [0, 0.05) is 6.42 Å². The molecule has 2 aliphatic heterocycles. The summed E-state index contributed by atoms with van der Waals surface area (Å²) in [5.74, 6) is -0.263. The number of unbranched alkanes of at least 4 members (excludes halogenated alkanes) is 22. The molecule has 0 aromatic heterocycles. The summed E-state index contributed by atoms with van der Waals surface area (Å²) in [5, 5.41) is 87.0. The second kappa shape index (κ2) is 45.4. The molecule has 12 unspecified atom stereocenters. The highest BCUT2D eigenvalue weighted by atomic mass is 16.7. The van der Waals surface area contributed by atoms with Crippen molar-refractivity contribution in [3.63, 3.8) is 0 Å². The van der Waals surface area contributed by atoms with E-state index < -0.39 is 86.8 Å². The molecule has 2 rings (SSSR count). The summed E-state index contributed by atoms with van der Waals surface area (Å²) in [5.41, 5.74) is 0. The van der Waals surface area contributed by atoms with Crippen LogP contribution in [0.3, 0.4) is 0 Å². The Morgan fingerprint density at radius 2 is 0.905 bits per heavy atom. The highest BCUT2D eigenvalue weighted by Gasteiger charge is 2.51. The first kappa shape index (κ1) is 67.5. The topological polar surface area (TPSA) is 228 Å². The zero-order valence-corrected chi connectivity index (χ0v) is 45.8. The van der Waals surface area contributed by atoms with Crippen LogP contribution in [-0.4, -0.2) is 140 Å². The molecular weight excluding hydrogens is 943 g/mol. The Morgan fingerprint density at radius 1 is 0.486 bits per heavy atom. The molecule has 2 saturated heterocycles. The molecule has 2 fully saturated rings. The van der Waals surface area contributed by atoms with Crippen LogP contribution in [0, 0.1) is 0 Å². The fraction of sp³-hybridized carbons (Fsp3) is 0.783. The van der Waals surface area contributed by atoms with E-state index in [2.05, 4.69) is 79.9 Å². The van der Waals surface area contributed by atoms with Gasteiger partial charge in [0.15, 0.2) is 12.6 Å². The lowest BCUT2D eigenvalue weighted by Crippen LogP contribution is -2.65. The van der Waals surface area contributed by atoms with Crippen LogP contribution in [0.4, 0.5) is 0 Å². The first-order valence-electron chi connectivity index (χ1n) is 29.2. The number of hydrogen-bond acceptors (Lipinski definition) is 13. The molecule has 2 heterocycles. The van der Waals surface area contributed by atoms with Gasteiger partial charge in [-0.3, -0.25) is 4.79 Å². The van der Waals surface area contributed by atoms with E-state index >= 15 is 0 Å². The van der Waals surface area contributed by atoms with E-state index in [4.69, 9.17) is 18.9 Å². The van der Waals surface area contributed by atoms with Gasteiger partial charge in [-0.15, -0.1) is 0 Å². The maximum atomic E-state index is 13.2. The number of allylic oxidation sites excluding steroid dienone is 11. The van der Waals surface area contributed by atoms with Crippen LogP contribution in [0.25, 0.3) is 0 Å². The number of amides is 1. The standard InChI is InChI=1S/C60H105NO13/c1-3-5-7-9-11-13-15-17-19-21-22-23-24-25-26-28-30-32-34-36-38-40-42-44-52(65)61-48(49(64)43-41-39-37-35-33-31-29-27-20-18-16-14-12-10-8-6-4-2)47-71-59-57(70)55(68)58(51(46-63)73-59)74-60-56(69)54(67)53(66)50(45-62)72-60/h15,17,20-22,24-25,27,33,35,41,43,48-51,53-60,62-64,66-70H,3-14,16,18-19,23,26,28-32,34,36-40,42,44-47H2,1-2H3,(H,61,65)/b17-15-,22-21-,25-24-,27-20+,35-33+,43-41+. The van der Waals surface area contributed by atoms with Crippen LogP contribution in [0.2, 0.25) is 0 Å². The lowest BCUT2D eigenvalue weighted by atomic mass is 9.97. The van der Waals surface area contributed by atoms with E-state index in [0.29, 0.717) is 12.8 Å². The van der Waals surface area contributed by atoms with Gasteiger partial charge in [0.05, 0.1) is 32.0 Å². The monoisotopic (exact) mass is 1050 g/mol. The third-order valence-electron chi connectivity index (χ3n) is 13.8. The van der Waals surface area contributed by atoms with Crippen molar-refractivity contribution in [1.29, 1.82) is 0 Å². The number of hydrogen-bond donors (Lipinski definition) is 9. The van der Waals surface area contributed by atoms with E-state index in [1.165, 1.54) is 103 Å². The van der Waals surface area contributed by atoms with Gasteiger partial charge in [0.2, 0.25) is 5.91 Å². The van der Waals surface area contributed by atoms with Crippen LogP contribution in [-0.2, 0) is 23.7 Å². The van der Waals surface area contributed by atoms with Gasteiger partial charge >= 0.3 is 0 Å². The molecule has 0 spiro atoms. The minimum Gasteiger partial charge on any atom is -0.394 e. The van der Waals surface area contributed by atoms with Crippen LogP contribution >= 0.6 is 0 Å². The van der Waals surface area contributed by atoms with Gasteiger partial charge in [-0.2, -0.15) is 0 Å². The van der Waals surface area contributed by atoms with Crippen molar-refractivity contribution >= 4 is 5.91 Å². The van der Waals surface area contributed by atoms with Crippen molar-refractivity contribution in [2.24, 2.45) is 0 Å². The van der Waals surface area contributed by atoms with Crippen molar-refractivity contribution in [3.05, 3.63) is 72.9 Å². The molecule has 0 saturated carbocycles. The summed E-state index contributed by atoms with van der Waals surface area (Å²) < 4.78 is 22.7. The average molecular weight is 1050 g/mol. The first-order chi connectivity index (χ1) is 36.1. The van der Waals surface area contributed by atoms with Crippen molar-refractivity contribution in [1.82, 2.24) is 5.32 Å². The SMILES string of the molecule is CCCCCCC/C=C\C/C=C\C/C=C\CCCCCCCCCCC(=O)NC(COC1OC(CO)C(OC2OC(CO)C(O)C(O)C2O)C(O)C1O)C(O)/C=C/CC/C=C/CC/C=C/CCCCCCCCC. The smallest absolute Gasteiger partial charge is 0.220 e. The number of rotatable bonds is 45. The molecule has 9 N–H and O–H groups in total. The second-order valence-electron chi connectivity index (χ2n) is 20.4. The Hall–Kier alpha value is -2.57. The summed E-state index contributed by atoms with van der Waals surface area (Å²) >= 11 is 0. The Kier molecular flexibility index (Phi) is 41.5. The molecule has 0 radical (unpaired) electrons. The molecular formula is C60H105NO13. The Labute approximate surface area is 447 Å². The predicted octanol–water partition coefficient (Wildman–Crippen LogP) is 9.55. The van der Waals surface area contributed by atoms with Crippen molar-refractivity contribution in [2.45, 2.75) is 280 Å². The molecule has 0 bridgehead atoms. The minimum absolute atomic E-state index is 0.258. The van der Waals surface area contributed by atoms with Gasteiger partial charge in [-0.1, -0.05) is 189 Å². The quantitative estimate of drug-likeness (QED) is 0.0205. The van der Waals surface area contributed by atoms with Crippen molar-refractivity contribution in [3.8, 4) is 0 Å². The fourth-order valence-corrected chi connectivity index (χ4v) is 9.09. The molecule has 74 heavy (non-hydrogen) atoms. The van der Waals surface area contributed by atoms with Gasteiger partial charge < -0.3 is 65.1 Å². The minimum atomic E-state index is -1.80. The van der Waals surface area contributed by atoms with E-state index in [-0.39, 0.29) is 18.9 Å². The normalized spacial score (nSPS) is 25.8. The lowest BCUT2D eigenvalue weighted by molar-refractivity contribution is -0.359. The van der Waals surface area contributed by atoms with E-state index in [9.17, 15) is 45.6 Å². The van der Waals surface area contributed by atoms with Crippen LogP contribution in [0.1, 0.15) is 206 Å². The number of carbonyl (C=O) groups excluding carboxylic acids is 1. The number of aliphatic hydroxyl groups is 8. The van der Waals surface area contributed by atoms with Crippen LogP contribution in [0.5, 0.6) is 0 Å². The lowest BCUT2D eigenvalue weighted by Gasteiger charge is -2.46. The van der Waals surface area contributed by atoms with Crippen LogP contribution < -0.4 is 5.32 Å². The molecule has 14 heteroatoms. The average Bonchev–Trinajstić information content (AvgIpc) is 3.40.